The average molecular weight is 233 g/mol. The third-order valence-electron chi connectivity index (χ3n) is 2.05. The predicted octanol–water partition coefficient (Wildman–Crippen LogP) is 2.83. The minimum Gasteiger partial charge on any atom is -0.450 e. The van der Waals surface area contributed by atoms with Crippen molar-refractivity contribution in [3.05, 3.63) is 0 Å². The van der Waals surface area contributed by atoms with E-state index in [2.05, 4.69) is 17.4 Å². The molecule has 0 fully saturated rings. The molecule has 0 bridgehead atoms. The quantitative estimate of drug-likeness (QED) is 0.633. The van der Waals surface area contributed by atoms with Crippen LogP contribution in [0.3, 0.4) is 0 Å². The van der Waals surface area contributed by atoms with E-state index in [1.165, 1.54) is 38.5 Å². The van der Waals surface area contributed by atoms with E-state index < -0.39 is 6.09 Å². The smallest absolute Gasteiger partial charge is 0.404 e. The summed E-state index contributed by atoms with van der Waals surface area (Å²) in [4.78, 5) is 9.60. The number of rotatable bonds is 8. The number of primary amides is 1. The molecule has 0 spiro atoms. The van der Waals surface area contributed by atoms with Gasteiger partial charge in [0, 0.05) is 6.61 Å². The molecule has 0 aromatic rings. The Hall–Kier alpha value is -0.770. The van der Waals surface area contributed by atoms with Gasteiger partial charge in [-0.1, -0.05) is 45.4 Å². The first-order valence-electron chi connectivity index (χ1n) is 6.22. The number of ether oxygens (including phenoxy) is 1. The Balaban J connectivity index is 0. The zero-order valence-corrected chi connectivity index (χ0v) is 10.7. The maximum atomic E-state index is 9.60. The van der Waals surface area contributed by atoms with E-state index >= 15 is 0 Å². The number of hydrogen-bond acceptors (Lipinski definition) is 3. The molecule has 0 atom stereocenters. The Kier molecular flexibility index (Phi) is 18.3. The van der Waals surface area contributed by atoms with Crippen molar-refractivity contribution < 1.29 is 14.6 Å². The first kappa shape index (κ1) is 17.6. The highest BCUT2D eigenvalue weighted by molar-refractivity contribution is 5.64. The molecule has 4 heteroatoms. The van der Waals surface area contributed by atoms with E-state index in [0.717, 1.165) is 6.42 Å². The Morgan fingerprint density at radius 2 is 1.56 bits per heavy atom. The third-order valence-corrected chi connectivity index (χ3v) is 2.05. The normalized spacial score (nSPS) is 9.19. The molecule has 0 aliphatic rings. The topological polar surface area (TPSA) is 72.6 Å². The van der Waals surface area contributed by atoms with Crippen LogP contribution >= 0.6 is 0 Å². The summed E-state index contributed by atoms with van der Waals surface area (Å²) in [6.45, 7) is 4.65. The number of hydrogen-bond donors (Lipinski definition) is 2. The molecule has 0 heterocycles. The van der Waals surface area contributed by atoms with Crippen molar-refractivity contribution in [3.63, 3.8) is 0 Å². The molecule has 0 rings (SSSR count). The number of amides is 1. The van der Waals surface area contributed by atoms with Gasteiger partial charge in [0.05, 0.1) is 6.61 Å². The molecule has 4 nitrogen and oxygen atoms in total. The fourth-order valence-corrected chi connectivity index (χ4v) is 1.21. The number of nitrogens with two attached hydrogens (primary N) is 1. The van der Waals surface area contributed by atoms with Gasteiger partial charge in [0.1, 0.15) is 0 Å². The molecule has 0 saturated heterocycles. The fraction of sp³-hybridized carbons (Fsp3) is 0.917. The van der Waals surface area contributed by atoms with E-state index in [-0.39, 0.29) is 0 Å². The minimum atomic E-state index is -0.711. The standard InChI is InChI=1S/C9H20O.C3H7NO2/c1-2-3-4-5-6-7-8-9-10;1-2-6-3(4)5/h10H,2-9H2,1H3;2H2,1H3,(H2,4,5). The highest BCUT2D eigenvalue weighted by atomic mass is 16.5. The summed E-state index contributed by atoms with van der Waals surface area (Å²) in [6.07, 6.45) is 8.22. The van der Waals surface area contributed by atoms with E-state index in [1.54, 1.807) is 6.92 Å². The summed E-state index contributed by atoms with van der Waals surface area (Å²) in [5, 5.41) is 8.47. The maximum absolute atomic E-state index is 9.60. The molecule has 0 aromatic heterocycles. The first-order valence-corrected chi connectivity index (χ1v) is 6.22. The van der Waals surface area contributed by atoms with Gasteiger partial charge in [-0.15, -0.1) is 0 Å². The van der Waals surface area contributed by atoms with Crippen LogP contribution in [0.2, 0.25) is 0 Å². The van der Waals surface area contributed by atoms with Gasteiger partial charge in [0.2, 0.25) is 0 Å². The second-order valence-electron chi connectivity index (χ2n) is 3.60. The third kappa shape index (κ3) is 23.2. The molecule has 0 saturated carbocycles. The van der Waals surface area contributed by atoms with Gasteiger partial charge < -0.3 is 15.6 Å². The van der Waals surface area contributed by atoms with Crippen molar-refractivity contribution in [2.45, 2.75) is 58.8 Å². The molecule has 0 aliphatic heterocycles. The Morgan fingerprint density at radius 1 is 1.06 bits per heavy atom. The monoisotopic (exact) mass is 233 g/mol. The number of aliphatic hydroxyl groups excluding tert-OH is 1. The number of unbranched alkanes of at least 4 members (excludes halogenated alkanes) is 6. The second kappa shape index (κ2) is 16.7. The fourth-order valence-electron chi connectivity index (χ4n) is 1.21. The van der Waals surface area contributed by atoms with Crippen LogP contribution in [0.25, 0.3) is 0 Å². The van der Waals surface area contributed by atoms with Crippen LogP contribution in [0.5, 0.6) is 0 Å². The number of aliphatic hydroxyl groups is 1. The van der Waals surface area contributed by atoms with Crippen molar-refractivity contribution in [1.29, 1.82) is 0 Å². The summed E-state index contributed by atoms with van der Waals surface area (Å²) in [7, 11) is 0. The van der Waals surface area contributed by atoms with Crippen LogP contribution in [-0.4, -0.2) is 24.4 Å². The Morgan fingerprint density at radius 3 is 1.88 bits per heavy atom. The highest BCUT2D eigenvalue weighted by Crippen LogP contribution is 2.05. The second-order valence-corrected chi connectivity index (χ2v) is 3.60. The summed E-state index contributed by atoms with van der Waals surface area (Å²) >= 11 is 0. The average Bonchev–Trinajstić information content (AvgIpc) is 2.24. The molecule has 0 radical (unpaired) electrons. The lowest BCUT2D eigenvalue weighted by molar-refractivity contribution is 0.163. The van der Waals surface area contributed by atoms with Crippen LogP contribution in [0, 0.1) is 0 Å². The van der Waals surface area contributed by atoms with Gasteiger partial charge in [-0.2, -0.15) is 0 Å². The molecule has 16 heavy (non-hydrogen) atoms. The molecule has 98 valence electrons. The number of carbonyl (C=O) groups excluding carboxylic acids is 1. The largest absolute Gasteiger partial charge is 0.450 e. The van der Waals surface area contributed by atoms with E-state index in [0.29, 0.717) is 13.2 Å². The van der Waals surface area contributed by atoms with Crippen molar-refractivity contribution in [2.24, 2.45) is 5.73 Å². The summed E-state index contributed by atoms with van der Waals surface area (Å²) < 4.78 is 4.18. The zero-order valence-electron chi connectivity index (χ0n) is 10.7. The molecule has 0 aliphatic carbocycles. The van der Waals surface area contributed by atoms with E-state index in [9.17, 15) is 4.79 Å². The molecule has 3 N–H and O–H groups in total. The van der Waals surface area contributed by atoms with Crippen molar-refractivity contribution >= 4 is 6.09 Å². The van der Waals surface area contributed by atoms with Crippen LogP contribution in [-0.2, 0) is 4.74 Å². The zero-order chi connectivity index (χ0) is 12.6. The lowest BCUT2D eigenvalue weighted by Crippen LogP contribution is -2.11. The Labute approximate surface area is 99.2 Å². The molecule has 1 amide bonds. The van der Waals surface area contributed by atoms with Gasteiger partial charge in [0.25, 0.3) is 0 Å². The van der Waals surface area contributed by atoms with Crippen LogP contribution < -0.4 is 5.73 Å². The summed E-state index contributed by atoms with van der Waals surface area (Å²) in [6, 6.07) is 0. The molecular formula is C12H27NO3. The van der Waals surface area contributed by atoms with E-state index in [4.69, 9.17) is 5.11 Å². The number of carbonyl (C=O) groups is 1. The van der Waals surface area contributed by atoms with Gasteiger partial charge >= 0.3 is 6.09 Å². The SMILES string of the molecule is CCCCCCCCCO.CCOC(N)=O. The van der Waals surface area contributed by atoms with Crippen molar-refractivity contribution in [3.8, 4) is 0 Å². The molecule has 0 unspecified atom stereocenters. The van der Waals surface area contributed by atoms with E-state index in [1.807, 2.05) is 0 Å². The van der Waals surface area contributed by atoms with Gasteiger partial charge in [-0.05, 0) is 13.3 Å². The minimum absolute atomic E-state index is 0.356. The maximum Gasteiger partial charge on any atom is 0.404 e. The lowest BCUT2D eigenvalue weighted by Gasteiger charge is -1.97. The van der Waals surface area contributed by atoms with Crippen LogP contribution in [0.1, 0.15) is 58.8 Å². The van der Waals surface area contributed by atoms with Gasteiger partial charge in [-0.3, -0.25) is 0 Å². The van der Waals surface area contributed by atoms with Gasteiger partial charge in [-0.25, -0.2) is 4.79 Å². The summed E-state index contributed by atoms with van der Waals surface area (Å²) in [5.41, 5.74) is 4.54. The molecular weight excluding hydrogens is 206 g/mol. The summed E-state index contributed by atoms with van der Waals surface area (Å²) in [5.74, 6) is 0. The van der Waals surface area contributed by atoms with Crippen LogP contribution in [0.15, 0.2) is 0 Å². The lowest BCUT2D eigenvalue weighted by atomic mass is 10.1. The van der Waals surface area contributed by atoms with Crippen molar-refractivity contribution in [1.82, 2.24) is 0 Å². The first-order chi connectivity index (χ1) is 7.68. The van der Waals surface area contributed by atoms with Crippen molar-refractivity contribution in [2.75, 3.05) is 13.2 Å². The Bertz CT molecular complexity index is 132. The van der Waals surface area contributed by atoms with Gasteiger partial charge in [0.15, 0.2) is 0 Å². The predicted molar refractivity (Wildman–Crippen MR) is 66.3 cm³/mol. The highest BCUT2D eigenvalue weighted by Gasteiger charge is 1.88. The molecule has 0 aromatic carbocycles. The van der Waals surface area contributed by atoms with Crippen LogP contribution in [0.4, 0.5) is 4.79 Å².